The van der Waals surface area contributed by atoms with Crippen molar-refractivity contribution in [3.63, 3.8) is 0 Å². The van der Waals surface area contributed by atoms with Gasteiger partial charge in [-0.05, 0) is 12.1 Å². The summed E-state index contributed by atoms with van der Waals surface area (Å²) in [5, 5.41) is 0. The van der Waals surface area contributed by atoms with E-state index in [9.17, 15) is 4.79 Å². The molecule has 11 heavy (non-hydrogen) atoms. The zero-order valence-electron chi connectivity index (χ0n) is 6.26. The van der Waals surface area contributed by atoms with Crippen LogP contribution in [0.15, 0.2) is 16.5 Å². The molecular formula is C8H9ClO2. The van der Waals surface area contributed by atoms with Crippen LogP contribution in [0, 0.1) is 0 Å². The van der Waals surface area contributed by atoms with Crippen LogP contribution in [0.3, 0.4) is 0 Å². The zero-order chi connectivity index (χ0) is 8.27. The molecule has 0 bridgehead atoms. The van der Waals surface area contributed by atoms with Gasteiger partial charge in [0.15, 0.2) is 11.5 Å². The van der Waals surface area contributed by atoms with Crippen LogP contribution in [0.25, 0.3) is 0 Å². The Hall–Kier alpha value is -0.760. The molecule has 1 heterocycles. The molecule has 0 atom stereocenters. The largest absolute Gasteiger partial charge is 0.457 e. The van der Waals surface area contributed by atoms with Gasteiger partial charge in [0, 0.05) is 6.42 Å². The van der Waals surface area contributed by atoms with E-state index in [4.69, 9.17) is 16.0 Å². The van der Waals surface area contributed by atoms with E-state index in [1.165, 1.54) is 0 Å². The summed E-state index contributed by atoms with van der Waals surface area (Å²) < 4.78 is 5.10. The first-order chi connectivity index (χ1) is 5.27. The average molecular weight is 173 g/mol. The minimum atomic E-state index is 0.0152. The van der Waals surface area contributed by atoms with Crippen molar-refractivity contribution in [2.45, 2.75) is 19.2 Å². The Morgan fingerprint density at radius 2 is 2.36 bits per heavy atom. The maximum atomic E-state index is 11.0. The Bertz CT molecular complexity index is 252. The average Bonchev–Trinajstić information content (AvgIpc) is 2.50. The van der Waals surface area contributed by atoms with Gasteiger partial charge in [0.2, 0.25) is 0 Å². The number of furan rings is 1. The smallest absolute Gasteiger partial charge is 0.197 e. The van der Waals surface area contributed by atoms with Gasteiger partial charge in [0.1, 0.15) is 5.76 Å². The predicted octanol–water partition coefficient (Wildman–Crippen LogP) is 2.61. The molecule has 0 saturated heterocycles. The molecule has 60 valence electrons. The second kappa shape index (κ2) is 3.58. The van der Waals surface area contributed by atoms with Crippen LogP contribution in [0.5, 0.6) is 0 Å². The summed E-state index contributed by atoms with van der Waals surface area (Å²) in [4.78, 5) is 11.0. The van der Waals surface area contributed by atoms with Crippen LogP contribution in [0.4, 0.5) is 0 Å². The molecule has 0 spiro atoms. The van der Waals surface area contributed by atoms with Crippen molar-refractivity contribution >= 4 is 17.4 Å². The lowest BCUT2D eigenvalue weighted by Gasteiger charge is -1.89. The van der Waals surface area contributed by atoms with Crippen LogP contribution in [-0.2, 0) is 5.88 Å². The molecule has 3 heteroatoms. The molecular weight excluding hydrogens is 164 g/mol. The summed E-state index contributed by atoms with van der Waals surface area (Å²) in [5.41, 5.74) is 0. The number of halogens is 1. The van der Waals surface area contributed by atoms with Crippen LogP contribution in [-0.4, -0.2) is 5.78 Å². The highest BCUT2D eigenvalue weighted by Crippen LogP contribution is 2.11. The molecule has 0 aromatic carbocycles. The van der Waals surface area contributed by atoms with E-state index >= 15 is 0 Å². The first kappa shape index (κ1) is 8.34. The minimum Gasteiger partial charge on any atom is -0.457 e. The molecule has 2 nitrogen and oxygen atoms in total. The molecule has 0 aliphatic rings. The standard InChI is InChI=1S/C8H9ClO2/c1-2-7(10)8-4-3-6(5-9)11-8/h3-4H,2,5H2,1H3. The Morgan fingerprint density at radius 3 is 2.82 bits per heavy atom. The summed E-state index contributed by atoms with van der Waals surface area (Å²) in [6.45, 7) is 1.80. The topological polar surface area (TPSA) is 30.2 Å². The van der Waals surface area contributed by atoms with Crippen molar-refractivity contribution in [1.29, 1.82) is 0 Å². The summed E-state index contributed by atoms with van der Waals surface area (Å²) in [7, 11) is 0. The van der Waals surface area contributed by atoms with Crippen molar-refractivity contribution < 1.29 is 9.21 Å². The van der Waals surface area contributed by atoms with Gasteiger partial charge in [0.25, 0.3) is 0 Å². The highest BCUT2D eigenvalue weighted by atomic mass is 35.5. The monoisotopic (exact) mass is 172 g/mol. The van der Waals surface area contributed by atoms with Crippen LogP contribution < -0.4 is 0 Å². The maximum absolute atomic E-state index is 11.0. The number of carbonyl (C=O) groups excluding carboxylic acids is 1. The van der Waals surface area contributed by atoms with E-state index in [1.807, 2.05) is 0 Å². The van der Waals surface area contributed by atoms with E-state index < -0.39 is 0 Å². The van der Waals surface area contributed by atoms with Crippen molar-refractivity contribution in [2.24, 2.45) is 0 Å². The lowest BCUT2D eigenvalue weighted by molar-refractivity contribution is 0.0960. The van der Waals surface area contributed by atoms with Gasteiger partial charge < -0.3 is 4.42 Å². The fourth-order valence-corrected chi connectivity index (χ4v) is 0.917. The first-order valence-corrected chi connectivity index (χ1v) is 3.99. The van der Waals surface area contributed by atoms with Gasteiger partial charge in [-0.1, -0.05) is 6.92 Å². The number of hydrogen-bond donors (Lipinski definition) is 0. The molecule has 0 amide bonds. The first-order valence-electron chi connectivity index (χ1n) is 3.45. The quantitative estimate of drug-likeness (QED) is 0.518. The summed E-state index contributed by atoms with van der Waals surface area (Å²) >= 11 is 5.48. The molecule has 1 aromatic heterocycles. The summed E-state index contributed by atoms with van der Waals surface area (Å²) in [6.07, 6.45) is 0.467. The second-order valence-corrected chi connectivity index (χ2v) is 2.44. The Balaban J connectivity index is 2.80. The van der Waals surface area contributed by atoms with Crippen LogP contribution in [0.1, 0.15) is 29.7 Å². The number of hydrogen-bond acceptors (Lipinski definition) is 2. The second-order valence-electron chi connectivity index (χ2n) is 2.18. The van der Waals surface area contributed by atoms with Crippen molar-refractivity contribution in [3.8, 4) is 0 Å². The summed E-state index contributed by atoms with van der Waals surface area (Å²) in [6, 6.07) is 3.37. The lowest BCUT2D eigenvalue weighted by Crippen LogP contribution is -1.92. The van der Waals surface area contributed by atoms with Gasteiger partial charge in [-0.3, -0.25) is 4.79 Å². The van der Waals surface area contributed by atoms with E-state index in [1.54, 1.807) is 19.1 Å². The van der Waals surface area contributed by atoms with Crippen molar-refractivity contribution in [3.05, 3.63) is 23.7 Å². The minimum absolute atomic E-state index is 0.0152. The van der Waals surface area contributed by atoms with Crippen LogP contribution >= 0.6 is 11.6 Å². The third-order valence-electron chi connectivity index (χ3n) is 1.39. The number of carbonyl (C=O) groups is 1. The summed E-state index contributed by atoms with van der Waals surface area (Å²) in [5.74, 6) is 1.38. The SMILES string of the molecule is CCC(=O)c1ccc(CCl)o1. The molecule has 0 N–H and O–H groups in total. The molecule has 0 aliphatic carbocycles. The number of ketones is 1. The van der Waals surface area contributed by atoms with Crippen molar-refractivity contribution in [1.82, 2.24) is 0 Å². The predicted molar refractivity (Wildman–Crippen MR) is 42.9 cm³/mol. The lowest BCUT2D eigenvalue weighted by atomic mass is 10.2. The third kappa shape index (κ3) is 1.84. The molecule has 0 radical (unpaired) electrons. The normalized spacial score (nSPS) is 10.0. The highest BCUT2D eigenvalue weighted by molar-refractivity contribution is 6.16. The van der Waals surface area contributed by atoms with Gasteiger partial charge >= 0.3 is 0 Å². The van der Waals surface area contributed by atoms with Crippen LogP contribution in [0.2, 0.25) is 0 Å². The maximum Gasteiger partial charge on any atom is 0.197 e. The highest BCUT2D eigenvalue weighted by Gasteiger charge is 2.07. The van der Waals surface area contributed by atoms with Crippen molar-refractivity contribution in [2.75, 3.05) is 0 Å². The Kier molecular flexibility index (Phi) is 2.71. The van der Waals surface area contributed by atoms with Gasteiger partial charge in [-0.2, -0.15) is 0 Å². The fraction of sp³-hybridized carbons (Fsp3) is 0.375. The van der Waals surface area contributed by atoms with Gasteiger partial charge in [-0.15, -0.1) is 11.6 Å². The van der Waals surface area contributed by atoms with E-state index in [-0.39, 0.29) is 5.78 Å². The fourth-order valence-electron chi connectivity index (χ4n) is 0.774. The molecule has 1 rings (SSSR count). The molecule has 1 aromatic rings. The van der Waals surface area contributed by atoms with Gasteiger partial charge in [-0.25, -0.2) is 0 Å². The molecule has 0 aliphatic heterocycles. The van der Waals surface area contributed by atoms with E-state index in [2.05, 4.69) is 0 Å². The Morgan fingerprint density at radius 1 is 1.64 bits per heavy atom. The number of Topliss-reactive ketones (excluding diaryl/α,β-unsaturated/α-hetero) is 1. The van der Waals surface area contributed by atoms with E-state index in [0.717, 1.165) is 0 Å². The Labute approximate surface area is 70.2 Å². The van der Waals surface area contributed by atoms with E-state index in [0.29, 0.717) is 23.8 Å². The third-order valence-corrected chi connectivity index (χ3v) is 1.65. The number of rotatable bonds is 3. The molecule has 0 fully saturated rings. The molecule has 0 saturated carbocycles. The number of alkyl halides is 1. The van der Waals surface area contributed by atoms with Gasteiger partial charge in [0.05, 0.1) is 5.88 Å². The zero-order valence-corrected chi connectivity index (χ0v) is 7.02. The molecule has 0 unspecified atom stereocenters.